The number of rotatable bonds is 8. The van der Waals surface area contributed by atoms with Gasteiger partial charge in [0.25, 0.3) is 5.79 Å². The van der Waals surface area contributed by atoms with Gasteiger partial charge in [0.15, 0.2) is 6.29 Å². The molecule has 0 amide bonds. The Balaban J connectivity index is 2.55. The molecule has 0 saturated carbocycles. The summed E-state index contributed by atoms with van der Waals surface area (Å²) in [6.45, 7) is 11.7. The van der Waals surface area contributed by atoms with E-state index < -0.39 is 18.1 Å². The highest BCUT2D eigenvalue weighted by Crippen LogP contribution is 2.51. The van der Waals surface area contributed by atoms with E-state index in [1.54, 1.807) is 13.8 Å². The molecule has 2 unspecified atom stereocenters. The van der Waals surface area contributed by atoms with Crippen LogP contribution in [0.3, 0.4) is 0 Å². The third kappa shape index (κ3) is 2.55. The van der Waals surface area contributed by atoms with Crippen molar-refractivity contribution >= 4 is 0 Å². The van der Waals surface area contributed by atoms with Crippen LogP contribution in [0.4, 0.5) is 0 Å². The van der Waals surface area contributed by atoms with Crippen LogP contribution in [0, 0.1) is 0 Å². The molecule has 1 aliphatic heterocycles. The second-order valence-corrected chi connectivity index (χ2v) is 3.46. The first-order valence-corrected chi connectivity index (χ1v) is 5.45. The number of hydrogen-bond acceptors (Lipinski definition) is 5. The summed E-state index contributed by atoms with van der Waals surface area (Å²) >= 11 is 0. The summed E-state index contributed by atoms with van der Waals surface area (Å²) in [6.07, 6.45) is 0.852. The maximum atomic E-state index is 5.54. The van der Waals surface area contributed by atoms with E-state index in [0.717, 1.165) is 0 Å². The lowest BCUT2D eigenvalue weighted by atomic mass is 10.4. The van der Waals surface area contributed by atoms with Crippen molar-refractivity contribution in [1.82, 2.24) is 0 Å². The van der Waals surface area contributed by atoms with E-state index in [1.807, 2.05) is 13.8 Å². The largest absolute Gasteiger partial charge is 0.473 e. The minimum Gasteiger partial charge on any atom is -0.473 e. The van der Waals surface area contributed by atoms with Gasteiger partial charge in [0.1, 0.15) is 0 Å². The molecule has 5 nitrogen and oxygen atoms in total. The summed E-state index contributed by atoms with van der Waals surface area (Å²) in [5.41, 5.74) is 0. The summed E-state index contributed by atoms with van der Waals surface area (Å²) in [5, 5.41) is 0. The first-order valence-electron chi connectivity index (χ1n) is 5.45. The van der Waals surface area contributed by atoms with Crippen LogP contribution in [0.5, 0.6) is 0 Å². The molecule has 0 bridgehead atoms. The van der Waals surface area contributed by atoms with Crippen LogP contribution in [-0.2, 0) is 23.7 Å². The first-order chi connectivity index (χ1) is 7.53. The van der Waals surface area contributed by atoms with Crippen molar-refractivity contribution in [3.8, 4) is 0 Å². The van der Waals surface area contributed by atoms with Crippen LogP contribution < -0.4 is 0 Å². The van der Waals surface area contributed by atoms with E-state index in [0.29, 0.717) is 13.2 Å². The van der Waals surface area contributed by atoms with Crippen LogP contribution in [0.25, 0.3) is 0 Å². The van der Waals surface area contributed by atoms with Gasteiger partial charge in [0.05, 0.1) is 6.26 Å². The minimum absolute atomic E-state index is 0.467. The van der Waals surface area contributed by atoms with Gasteiger partial charge in [-0.15, -0.1) is 0 Å². The van der Waals surface area contributed by atoms with E-state index in [4.69, 9.17) is 23.7 Å². The van der Waals surface area contributed by atoms with Crippen molar-refractivity contribution < 1.29 is 23.7 Å². The van der Waals surface area contributed by atoms with Gasteiger partial charge < -0.3 is 18.9 Å². The maximum absolute atomic E-state index is 5.54. The monoisotopic (exact) mass is 232 g/mol. The normalized spacial score (nSPS) is 28.5. The van der Waals surface area contributed by atoms with E-state index >= 15 is 0 Å². The Morgan fingerprint density at radius 3 is 2.31 bits per heavy atom. The molecule has 1 heterocycles. The lowest BCUT2D eigenvalue weighted by molar-refractivity contribution is -0.245. The molecule has 1 saturated heterocycles. The second kappa shape index (κ2) is 5.14. The first kappa shape index (κ1) is 13.4. The third-order valence-electron chi connectivity index (χ3n) is 2.19. The van der Waals surface area contributed by atoms with Crippen molar-refractivity contribution in [2.75, 3.05) is 13.2 Å². The Morgan fingerprint density at radius 2 is 1.88 bits per heavy atom. The Labute approximate surface area is 96.3 Å². The van der Waals surface area contributed by atoms with E-state index in [1.165, 1.54) is 6.26 Å². The zero-order valence-electron chi connectivity index (χ0n) is 10.3. The van der Waals surface area contributed by atoms with Gasteiger partial charge in [-0.2, -0.15) is 0 Å². The highest BCUT2D eigenvalue weighted by atomic mass is 17.0. The van der Waals surface area contributed by atoms with Crippen LogP contribution in [-0.4, -0.2) is 31.3 Å². The molecule has 94 valence electrons. The summed E-state index contributed by atoms with van der Waals surface area (Å²) in [5.74, 6) is -2.03. The molecule has 0 aromatic rings. The molecule has 0 radical (unpaired) electrons. The van der Waals surface area contributed by atoms with Gasteiger partial charge in [-0.1, -0.05) is 6.58 Å². The smallest absolute Gasteiger partial charge is 0.343 e. The van der Waals surface area contributed by atoms with E-state index in [2.05, 4.69) is 6.58 Å². The average molecular weight is 232 g/mol. The van der Waals surface area contributed by atoms with Gasteiger partial charge in [0, 0.05) is 13.2 Å². The van der Waals surface area contributed by atoms with Crippen LogP contribution >= 0.6 is 0 Å². The molecule has 0 spiro atoms. The Bertz CT molecular complexity index is 237. The topological polar surface area (TPSA) is 49.5 Å². The summed E-state index contributed by atoms with van der Waals surface area (Å²) in [7, 11) is 0. The molecule has 1 rings (SSSR count). The van der Waals surface area contributed by atoms with Gasteiger partial charge in [-0.25, -0.2) is 0 Å². The fourth-order valence-corrected chi connectivity index (χ4v) is 1.55. The minimum atomic E-state index is -1.10. The van der Waals surface area contributed by atoms with Crippen LogP contribution in [0.15, 0.2) is 12.8 Å². The summed E-state index contributed by atoms with van der Waals surface area (Å²) < 4.78 is 26.9. The third-order valence-corrected chi connectivity index (χ3v) is 2.19. The number of epoxide rings is 1. The average Bonchev–Trinajstić information content (AvgIpc) is 2.71. The van der Waals surface area contributed by atoms with Crippen LogP contribution in [0.2, 0.25) is 0 Å². The molecule has 1 aliphatic rings. The molecule has 1 fully saturated rings. The number of ether oxygens (including phenoxy) is 5. The molecular weight excluding hydrogens is 212 g/mol. The lowest BCUT2D eigenvalue weighted by Gasteiger charge is -2.19. The van der Waals surface area contributed by atoms with Gasteiger partial charge >= 0.3 is 5.97 Å². The highest BCUT2D eigenvalue weighted by molar-refractivity contribution is 4.93. The molecule has 0 aromatic heterocycles. The predicted molar refractivity (Wildman–Crippen MR) is 57.3 cm³/mol. The van der Waals surface area contributed by atoms with Crippen molar-refractivity contribution in [1.29, 1.82) is 0 Å². The zero-order valence-corrected chi connectivity index (χ0v) is 10.3. The van der Waals surface area contributed by atoms with Crippen molar-refractivity contribution in [2.45, 2.75) is 45.7 Å². The molecule has 0 N–H and O–H groups in total. The summed E-state index contributed by atoms with van der Waals surface area (Å²) in [6, 6.07) is 0. The fraction of sp³-hybridized carbons (Fsp3) is 0.818. The molecule has 16 heavy (non-hydrogen) atoms. The van der Waals surface area contributed by atoms with Crippen molar-refractivity contribution in [2.24, 2.45) is 0 Å². The standard InChI is InChI=1S/C11H20O5/c1-6-12-9(4)15-10(5)11(16-10,13-7-2)14-8-3/h6,9H,1,7-8H2,2-5H3. The van der Waals surface area contributed by atoms with Crippen LogP contribution in [0.1, 0.15) is 27.7 Å². The quantitative estimate of drug-likeness (QED) is 0.364. The maximum Gasteiger partial charge on any atom is 0.343 e. The molecule has 2 atom stereocenters. The lowest BCUT2D eigenvalue weighted by Crippen LogP contribution is -2.34. The Kier molecular flexibility index (Phi) is 4.32. The fourth-order valence-electron chi connectivity index (χ4n) is 1.55. The molecule has 5 heteroatoms. The SMILES string of the molecule is C=COC(C)OC1(C)OC1(OCC)OCC. The zero-order chi connectivity index (χ0) is 12.2. The molecule has 0 aromatic carbocycles. The van der Waals surface area contributed by atoms with Gasteiger partial charge in [-0.05, 0) is 27.7 Å². The van der Waals surface area contributed by atoms with E-state index in [-0.39, 0.29) is 0 Å². The van der Waals surface area contributed by atoms with Crippen molar-refractivity contribution in [3.63, 3.8) is 0 Å². The predicted octanol–water partition coefficient (Wildman–Crippen LogP) is 1.98. The summed E-state index contributed by atoms with van der Waals surface area (Å²) in [4.78, 5) is 0. The molecule has 0 aliphatic carbocycles. The highest BCUT2D eigenvalue weighted by Gasteiger charge is 2.73. The Morgan fingerprint density at radius 1 is 1.31 bits per heavy atom. The van der Waals surface area contributed by atoms with Gasteiger partial charge in [0.2, 0.25) is 0 Å². The van der Waals surface area contributed by atoms with Crippen molar-refractivity contribution in [3.05, 3.63) is 12.8 Å². The molecular formula is C11H20O5. The Hall–Kier alpha value is -0.620. The number of hydrogen-bond donors (Lipinski definition) is 0. The van der Waals surface area contributed by atoms with Gasteiger partial charge in [-0.3, -0.25) is 4.74 Å². The van der Waals surface area contributed by atoms with E-state index in [9.17, 15) is 0 Å². The second-order valence-electron chi connectivity index (χ2n) is 3.46.